The summed E-state index contributed by atoms with van der Waals surface area (Å²) in [5, 5.41) is 7.23. The molecule has 0 atom stereocenters. The molecule has 0 N–H and O–H groups in total. The first-order valence-electron chi connectivity index (χ1n) is 8.24. The van der Waals surface area contributed by atoms with Crippen molar-refractivity contribution in [2.24, 2.45) is 0 Å². The summed E-state index contributed by atoms with van der Waals surface area (Å²) in [6.07, 6.45) is 1.03. The third-order valence-corrected chi connectivity index (χ3v) is 6.98. The molecule has 118 valence electrons. The molecule has 0 spiro atoms. The average Bonchev–Trinajstić information content (AvgIpc) is 2.66. The average molecular weight is 385 g/mol. The summed E-state index contributed by atoms with van der Waals surface area (Å²) >= 11 is 0.113. The Morgan fingerprint density at radius 1 is 0.680 bits per heavy atom. The van der Waals surface area contributed by atoms with Crippen LogP contribution in [0.15, 0.2) is 78.9 Å². The number of carbonyl (C=O) groups excluding carboxylic acids is 1. The zero-order valence-electron chi connectivity index (χ0n) is 13.4. The molecule has 0 bridgehead atoms. The van der Waals surface area contributed by atoms with E-state index in [9.17, 15) is 4.79 Å². The molecule has 5 aromatic rings. The third kappa shape index (κ3) is 2.26. The molecule has 2 heteroatoms. The number of benzene rings is 5. The molecule has 0 fully saturated rings. The first kappa shape index (κ1) is 14.7. The minimum atomic E-state index is 0.113. The summed E-state index contributed by atoms with van der Waals surface area (Å²) in [7, 11) is 0. The second kappa shape index (κ2) is 5.70. The van der Waals surface area contributed by atoms with Crippen LogP contribution in [0.5, 0.6) is 0 Å². The number of aldehydes is 1. The molecule has 0 aliphatic rings. The molecule has 5 aromatic carbocycles. The summed E-state index contributed by atoms with van der Waals surface area (Å²) in [6, 6.07) is 27.6. The molecule has 0 heterocycles. The Morgan fingerprint density at radius 2 is 1.40 bits per heavy atom. The molecule has 0 unspecified atom stereocenters. The van der Waals surface area contributed by atoms with E-state index in [4.69, 9.17) is 0 Å². The van der Waals surface area contributed by atoms with Crippen LogP contribution in [-0.4, -0.2) is 21.2 Å². The van der Waals surface area contributed by atoms with Gasteiger partial charge in [0.05, 0.1) is 0 Å². The van der Waals surface area contributed by atoms with Gasteiger partial charge in [-0.2, -0.15) is 0 Å². The molecule has 0 saturated heterocycles. The van der Waals surface area contributed by atoms with E-state index in [1.54, 1.807) is 0 Å². The second-order valence-electron chi connectivity index (χ2n) is 6.18. The van der Waals surface area contributed by atoms with Crippen molar-refractivity contribution in [2.75, 3.05) is 0 Å². The summed E-state index contributed by atoms with van der Waals surface area (Å²) in [4.78, 5) is 12.0. The number of hydrogen-bond donors (Lipinski definition) is 0. The van der Waals surface area contributed by atoms with Gasteiger partial charge in [-0.25, -0.2) is 0 Å². The molecular formula is C23H14OSe. The third-order valence-electron chi connectivity index (χ3n) is 4.74. The van der Waals surface area contributed by atoms with Crippen LogP contribution < -0.4 is 8.92 Å². The van der Waals surface area contributed by atoms with Gasteiger partial charge in [-0.3, -0.25) is 0 Å². The topological polar surface area (TPSA) is 17.1 Å². The molecule has 0 radical (unpaired) electrons. The minimum absolute atomic E-state index is 0.113. The van der Waals surface area contributed by atoms with Gasteiger partial charge in [0.1, 0.15) is 0 Å². The fourth-order valence-electron chi connectivity index (χ4n) is 3.63. The first-order chi connectivity index (χ1) is 12.3. The van der Waals surface area contributed by atoms with E-state index in [-0.39, 0.29) is 15.0 Å². The van der Waals surface area contributed by atoms with Gasteiger partial charge in [-0.05, 0) is 0 Å². The summed E-state index contributed by atoms with van der Waals surface area (Å²) in [5.41, 5.74) is 0.842. The second-order valence-corrected chi connectivity index (χ2v) is 8.52. The Hall–Kier alpha value is -2.67. The summed E-state index contributed by atoms with van der Waals surface area (Å²) < 4.78 is 2.44. The summed E-state index contributed by atoms with van der Waals surface area (Å²) in [5.74, 6) is 0. The van der Waals surface area contributed by atoms with Crippen LogP contribution in [0.3, 0.4) is 0 Å². The van der Waals surface area contributed by atoms with Gasteiger partial charge < -0.3 is 0 Å². The van der Waals surface area contributed by atoms with Gasteiger partial charge in [-0.15, -0.1) is 0 Å². The Bertz CT molecular complexity index is 1210. The van der Waals surface area contributed by atoms with Gasteiger partial charge in [0.15, 0.2) is 0 Å². The maximum atomic E-state index is 12.0. The number of carbonyl (C=O) groups is 1. The van der Waals surface area contributed by atoms with Crippen LogP contribution in [0.2, 0.25) is 0 Å². The Kier molecular flexibility index (Phi) is 3.34. The van der Waals surface area contributed by atoms with Gasteiger partial charge in [0, 0.05) is 0 Å². The molecule has 0 aliphatic carbocycles. The maximum absolute atomic E-state index is 12.0. The zero-order valence-corrected chi connectivity index (χ0v) is 15.1. The van der Waals surface area contributed by atoms with Crippen LogP contribution in [-0.2, 0) is 0 Å². The van der Waals surface area contributed by atoms with Crippen LogP contribution in [0, 0.1) is 0 Å². The molecule has 1 nitrogen and oxygen atoms in total. The zero-order chi connectivity index (χ0) is 16.8. The van der Waals surface area contributed by atoms with Crippen LogP contribution in [0.25, 0.3) is 32.3 Å². The van der Waals surface area contributed by atoms with Crippen molar-refractivity contribution in [1.82, 2.24) is 0 Å². The van der Waals surface area contributed by atoms with E-state index in [0.717, 1.165) is 21.7 Å². The van der Waals surface area contributed by atoms with Gasteiger partial charge >= 0.3 is 152 Å². The van der Waals surface area contributed by atoms with E-state index in [2.05, 4.69) is 72.8 Å². The Labute approximate surface area is 151 Å². The SMILES string of the molecule is O=Cc1c([Se]c2ccccc2)cc2ccc3cccc4ccc1c2c34. The van der Waals surface area contributed by atoms with Crippen molar-refractivity contribution in [2.45, 2.75) is 0 Å². The molecule has 0 aliphatic heterocycles. The van der Waals surface area contributed by atoms with E-state index in [1.165, 1.54) is 31.4 Å². The Morgan fingerprint density at radius 3 is 2.16 bits per heavy atom. The first-order valence-corrected chi connectivity index (χ1v) is 9.95. The molecule has 5 rings (SSSR count). The predicted octanol–water partition coefficient (Wildman–Crippen LogP) is 4.05. The predicted molar refractivity (Wildman–Crippen MR) is 107 cm³/mol. The van der Waals surface area contributed by atoms with Crippen molar-refractivity contribution < 1.29 is 4.79 Å². The summed E-state index contributed by atoms with van der Waals surface area (Å²) in [6.45, 7) is 0. The van der Waals surface area contributed by atoms with Crippen LogP contribution in [0.4, 0.5) is 0 Å². The van der Waals surface area contributed by atoms with Crippen molar-refractivity contribution in [1.29, 1.82) is 0 Å². The van der Waals surface area contributed by atoms with E-state index in [0.29, 0.717) is 0 Å². The fourth-order valence-corrected chi connectivity index (χ4v) is 5.73. The molecule has 0 aromatic heterocycles. The van der Waals surface area contributed by atoms with Crippen molar-refractivity contribution >= 4 is 62.5 Å². The van der Waals surface area contributed by atoms with Crippen molar-refractivity contribution in [3.8, 4) is 0 Å². The van der Waals surface area contributed by atoms with Crippen molar-refractivity contribution in [3.63, 3.8) is 0 Å². The number of rotatable bonds is 3. The van der Waals surface area contributed by atoms with E-state index in [1.807, 2.05) is 6.07 Å². The standard InChI is InChI=1S/C23H14OSe/c24-14-20-19-12-11-16-6-4-5-15-9-10-17(23(19)22(15)16)13-21(20)25-18-7-2-1-3-8-18/h1-14H. The van der Waals surface area contributed by atoms with Crippen LogP contribution in [0.1, 0.15) is 10.4 Å². The van der Waals surface area contributed by atoms with Crippen LogP contribution >= 0.6 is 0 Å². The van der Waals surface area contributed by atoms with E-state index >= 15 is 0 Å². The van der Waals surface area contributed by atoms with E-state index < -0.39 is 0 Å². The number of hydrogen-bond acceptors (Lipinski definition) is 1. The molecular weight excluding hydrogens is 371 g/mol. The monoisotopic (exact) mass is 386 g/mol. The van der Waals surface area contributed by atoms with Gasteiger partial charge in [0.25, 0.3) is 0 Å². The fraction of sp³-hybridized carbons (Fsp3) is 0. The van der Waals surface area contributed by atoms with Gasteiger partial charge in [0.2, 0.25) is 0 Å². The Balaban J connectivity index is 1.86. The quantitative estimate of drug-likeness (QED) is 0.260. The molecule has 0 amide bonds. The molecule has 0 saturated carbocycles. The van der Waals surface area contributed by atoms with Gasteiger partial charge in [-0.1, -0.05) is 0 Å². The molecule has 25 heavy (non-hydrogen) atoms. The normalized spacial score (nSPS) is 11.5. The van der Waals surface area contributed by atoms with Crippen molar-refractivity contribution in [3.05, 3.63) is 84.4 Å².